The molecule has 190 valence electrons. The number of carbonyl (C=O) groups excluding carboxylic acids is 2. The van der Waals surface area contributed by atoms with Crippen LogP contribution < -0.4 is 29.6 Å². The third-order valence-electron chi connectivity index (χ3n) is 5.35. The molecule has 2 amide bonds. The van der Waals surface area contributed by atoms with E-state index in [2.05, 4.69) is 26.6 Å². The molecule has 1 fully saturated rings. The van der Waals surface area contributed by atoms with Crippen LogP contribution in [0.2, 0.25) is 0 Å². The Balaban J connectivity index is 1.48. The highest BCUT2D eigenvalue weighted by molar-refractivity contribution is 9.10. The Kier molecular flexibility index (Phi) is 8.42. The van der Waals surface area contributed by atoms with Crippen LogP contribution in [0, 0.1) is 0 Å². The van der Waals surface area contributed by atoms with Crippen LogP contribution in [0.15, 0.2) is 70.7 Å². The molecule has 1 aliphatic rings. The molecule has 0 aliphatic carbocycles. The average molecular weight is 583 g/mol. The predicted molar refractivity (Wildman–Crippen MR) is 146 cm³/mol. The molecule has 1 saturated heterocycles. The normalized spacial score (nSPS) is 12.9. The van der Waals surface area contributed by atoms with Crippen molar-refractivity contribution in [2.75, 3.05) is 14.2 Å². The van der Waals surface area contributed by atoms with E-state index in [1.165, 1.54) is 13.2 Å². The third-order valence-corrected chi connectivity index (χ3v) is 6.15. The number of carbonyl (C=O) groups is 2. The van der Waals surface area contributed by atoms with Gasteiger partial charge in [-0.1, -0.05) is 36.4 Å². The Morgan fingerprint density at radius 1 is 0.811 bits per heavy atom. The van der Waals surface area contributed by atoms with Gasteiger partial charge in [0, 0.05) is 0 Å². The summed E-state index contributed by atoms with van der Waals surface area (Å²) in [5, 5.41) is 4.79. The van der Waals surface area contributed by atoms with Gasteiger partial charge in [0.25, 0.3) is 11.8 Å². The first-order valence-corrected chi connectivity index (χ1v) is 12.3. The Labute approximate surface area is 227 Å². The van der Waals surface area contributed by atoms with E-state index in [0.29, 0.717) is 39.6 Å². The second-order valence-corrected chi connectivity index (χ2v) is 9.14. The zero-order chi connectivity index (χ0) is 26.4. The van der Waals surface area contributed by atoms with E-state index in [9.17, 15) is 9.59 Å². The maximum Gasteiger partial charge on any atom is 0.263 e. The van der Waals surface area contributed by atoms with Gasteiger partial charge in [0.15, 0.2) is 28.1 Å². The van der Waals surface area contributed by atoms with Gasteiger partial charge in [-0.05, 0) is 75.2 Å². The number of nitrogens with one attached hydrogen (secondary N) is 2. The van der Waals surface area contributed by atoms with Crippen molar-refractivity contribution >= 4 is 51.2 Å². The topological polar surface area (TPSA) is 95.1 Å². The summed E-state index contributed by atoms with van der Waals surface area (Å²) < 4.78 is 23.6. The fourth-order valence-electron chi connectivity index (χ4n) is 3.55. The molecule has 1 aliphatic heterocycles. The number of thiocarbonyl (C=S) groups is 1. The second kappa shape index (κ2) is 11.9. The third kappa shape index (κ3) is 6.46. The number of amides is 2. The van der Waals surface area contributed by atoms with Gasteiger partial charge in [0.2, 0.25) is 0 Å². The molecule has 0 atom stereocenters. The molecule has 2 N–H and O–H groups in total. The molecule has 0 saturated carbocycles. The molecule has 10 heteroatoms. The van der Waals surface area contributed by atoms with Crippen LogP contribution in [0.1, 0.15) is 16.7 Å². The van der Waals surface area contributed by atoms with E-state index in [1.807, 2.05) is 48.5 Å². The first-order valence-electron chi connectivity index (χ1n) is 11.1. The van der Waals surface area contributed by atoms with Crippen molar-refractivity contribution in [3.8, 4) is 23.0 Å². The predicted octanol–water partition coefficient (Wildman–Crippen LogP) is 4.54. The molecule has 3 aromatic carbocycles. The number of rotatable bonds is 9. The zero-order valence-corrected chi connectivity index (χ0v) is 22.4. The lowest BCUT2D eigenvalue weighted by Gasteiger charge is -2.17. The van der Waals surface area contributed by atoms with E-state index in [1.54, 1.807) is 19.2 Å². The Morgan fingerprint density at radius 2 is 1.49 bits per heavy atom. The van der Waals surface area contributed by atoms with Crippen LogP contribution in [-0.2, 0) is 22.8 Å². The largest absolute Gasteiger partial charge is 0.493 e. The maximum absolute atomic E-state index is 12.2. The molecule has 37 heavy (non-hydrogen) atoms. The number of hydrogen-bond donors (Lipinski definition) is 2. The Bertz CT molecular complexity index is 1350. The fourth-order valence-corrected chi connectivity index (χ4v) is 4.31. The van der Waals surface area contributed by atoms with Gasteiger partial charge in [-0.3, -0.25) is 20.2 Å². The SMILES string of the molecule is COc1cc(COc2c(Br)cc(C=C3C(=O)NC(=S)NC3=O)cc2OC)ccc1OCc1ccccc1. The highest BCUT2D eigenvalue weighted by Crippen LogP contribution is 2.38. The number of benzene rings is 3. The number of halogens is 1. The van der Waals surface area contributed by atoms with Gasteiger partial charge in [-0.15, -0.1) is 0 Å². The van der Waals surface area contributed by atoms with E-state index in [-0.39, 0.29) is 17.3 Å². The Hall–Kier alpha value is -3.89. The van der Waals surface area contributed by atoms with Crippen LogP contribution in [0.4, 0.5) is 0 Å². The number of ether oxygens (including phenoxy) is 4. The van der Waals surface area contributed by atoms with Crippen molar-refractivity contribution in [1.29, 1.82) is 0 Å². The van der Waals surface area contributed by atoms with E-state index >= 15 is 0 Å². The van der Waals surface area contributed by atoms with Crippen molar-refractivity contribution in [2.24, 2.45) is 0 Å². The molecule has 0 aromatic heterocycles. The van der Waals surface area contributed by atoms with Gasteiger partial charge in [0.05, 0.1) is 18.7 Å². The van der Waals surface area contributed by atoms with Crippen LogP contribution in [0.5, 0.6) is 23.0 Å². The van der Waals surface area contributed by atoms with Crippen molar-refractivity contribution in [3.05, 3.63) is 87.4 Å². The standard InChI is InChI=1S/C27H23BrN2O6S/c1-33-22-12-17(8-9-21(22)35-14-16-6-4-3-5-7-16)15-36-24-20(28)11-18(13-23(24)34-2)10-19-25(31)29-27(37)30-26(19)32/h3-13H,14-15H2,1-2H3,(H2,29,30,31,32,37). The number of hydrogen-bond acceptors (Lipinski definition) is 7. The summed E-state index contributed by atoms with van der Waals surface area (Å²) in [6.45, 7) is 0.655. The van der Waals surface area contributed by atoms with E-state index in [4.69, 9.17) is 31.2 Å². The van der Waals surface area contributed by atoms with Crippen molar-refractivity contribution < 1.29 is 28.5 Å². The van der Waals surface area contributed by atoms with Crippen molar-refractivity contribution in [1.82, 2.24) is 10.6 Å². The van der Waals surface area contributed by atoms with Crippen molar-refractivity contribution in [3.63, 3.8) is 0 Å². The van der Waals surface area contributed by atoms with Crippen LogP contribution in [0.3, 0.4) is 0 Å². The van der Waals surface area contributed by atoms with E-state index in [0.717, 1.165) is 11.1 Å². The summed E-state index contributed by atoms with van der Waals surface area (Å²) >= 11 is 8.33. The summed E-state index contributed by atoms with van der Waals surface area (Å²) in [4.78, 5) is 24.3. The monoisotopic (exact) mass is 582 g/mol. The highest BCUT2D eigenvalue weighted by atomic mass is 79.9. The highest BCUT2D eigenvalue weighted by Gasteiger charge is 2.26. The van der Waals surface area contributed by atoms with Crippen LogP contribution in [-0.4, -0.2) is 31.1 Å². The molecular weight excluding hydrogens is 560 g/mol. The number of methoxy groups -OCH3 is 2. The van der Waals surface area contributed by atoms with Gasteiger partial charge in [-0.2, -0.15) is 0 Å². The smallest absolute Gasteiger partial charge is 0.263 e. The molecule has 0 spiro atoms. The molecular formula is C27H23BrN2O6S. The summed E-state index contributed by atoms with van der Waals surface area (Å²) in [7, 11) is 3.09. The quantitative estimate of drug-likeness (QED) is 0.217. The molecule has 3 aromatic rings. The second-order valence-electron chi connectivity index (χ2n) is 7.88. The lowest BCUT2D eigenvalue weighted by molar-refractivity contribution is -0.123. The molecule has 8 nitrogen and oxygen atoms in total. The lowest BCUT2D eigenvalue weighted by Crippen LogP contribution is -2.51. The lowest BCUT2D eigenvalue weighted by atomic mass is 10.1. The first-order chi connectivity index (χ1) is 17.9. The van der Waals surface area contributed by atoms with Gasteiger partial charge in [-0.25, -0.2) is 0 Å². The van der Waals surface area contributed by atoms with E-state index < -0.39 is 11.8 Å². The zero-order valence-electron chi connectivity index (χ0n) is 20.0. The fraction of sp³-hybridized carbons (Fsp3) is 0.148. The summed E-state index contributed by atoms with van der Waals surface area (Å²) in [6.07, 6.45) is 1.45. The maximum atomic E-state index is 12.2. The minimum Gasteiger partial charge on any atom is -0.493 e. The summed E-state index contributed by atoms with van der Waals surface area (Å²) in [5.74, 6) is 0.954. The average Bonchev–Trinajstić information content (AvgIpc) is 2.89. The summed E-state index contributed by atoms with van der Waals surface area (Å²) in [6, 6.07) is 18.9. The molecule has 4 rings (SSSR count). The molecule has 0 radical (unpaired) electrons. The van der Waals surface area contributed by atoms with Crippen molar-refractivity contribution in [2.45, 2.75) is 13.2 Å². The summed E-state index contributed by atoms with van der Waals surface area (Å²) in [5.41, 5.74) is 2.40. The molecule has 0 unspecified atom stereocenters. The minimum atomic E-state index is -0.575. The molecule has 1 heterocycles. The van der Waals surface area contributed by atoms with Gasteiger partial charge >= 0.3 is 0 Å². The van der Waals surface area contributed by atoms with Gasteiger partial charge < -0.3 is 18.9 Å². The molecule has 0 bridgehead atoms. The van der Waals surface area contributed by atoms with Crippen LogP contribution >= 0.6 is 28.1 Å². The first kappa shape index (κ1) is 26.2. The Morgan fingerprint density at radius 3 is 2.16 bits per heavy atom. The van der Waals surface area contributed by atoms with Gasteiger partial charge in [0.1, 0.15) is 18.8 Å². The minimum absolute atomic E-state index is 0.0259. The van der Waals surface area contributed by atoms with Crippen LogP contribution in [0.25, 0.3) is 6.08 Å².